The molecule has 19 heavy (non-hydrogen) atoms. The van der Waals surface area contributed by atoms with Crippen molar-refractivity contribution >= 4 is 5.91 Å². The molecular weight excluding hydrogens is 240 g/mol. The summed E-state index contributed by atoms with van der Waals surface area (Å²) in [7, 11) is 0. The zero-order valence-electron chi connectivity index (χ0n) is 12.1. The molecule has 0 fully saturated rings. The average Bonchev–Trinajstić information content (AvgIpc) is 2.38. The lowest BCUT2D eigenvalue weighted by Crippen LogP contribution is -2.39. The van der Waals surface area contributed by atoms with Crippen LogP contribution in [-0.2, 0) is 4.79 Å². The van der Waals surface area contributed by atoms with E-state index in [-0.39, 0.29) is 23.9 Å². The Bertz CT molecular complexity index is 401. The van der Waals surface area contributed by atoms with Crippen molar-refractivity contribution in [1.29, 1.82) is 0 Å². The molecule has 1 aromatic carbocycles. The molecule has 0 heterocycles. The fourth-order valence-electron chi connectivity index (χ4n) is 1.69. The van der Waals surface area contributed by atoms with E-state index in [9.17, 15) is 4.79 Å². The first-order valence-corrected chi connectivity index (χ1v) is 6.74. The van der Waals surface area contributed by atoms with E-state index in [0.29, 0.717) is 6.61 Å². The number of ether oxygens (including phenoxy) is 1. The Hall–Kier alpha value is -1.55. The van der Waals surface area contributed by atoms with Crippen molar-refractivity contribution in [3.63, 3.8) is 0 Å². The fraction of sp³-hybridized carbons (Fsp3) is 0.533. The van der Waals surface area contributed by atoms with E-state index in [2.05, 4.69) is 5.32 Å². The molecule has 0 aliphatic heterocycles. The van der Waals surface area contributed by atoms with E-state index in [4.69, 9.17) is 10.5 Å². The molecule has 0 saturated heterocycles. The lowest BCUT2D eigenvalue weighted by Gasteiger charge is -2.20. The number of amides is 1. The quantitative estimate of drug-likeness (QED) is 0.828. The van der Waals surface area contributed by atoms with Gasteiger partial charge in [-0.05, 0) is 38.5 Å². The first-order valence-electron chi connectivity index (χ1n) is 6.74. The van der Waals surface area contributed by atoms with Gasteiger partial charge in [0, 0.05) is 12.0 Å². The summed E-state index contributed by atoms with van der Waals surface area (Å²) in [5.74, 6) is 0.634. The van der Waals surface area contributed by atoms with Gasteiger partial charge in [-0.25, -0.2) is 0 Å². The molecule has 0 saturated carbocycles. The maximum absolute atomic E-state index is 11.9. The van der Waals surface area contributed by atoms with Gasteiger partial charge in [0.1, 0.15) is 5.75 Å². The van der Waals surface area contributed by atoms with E-state index in [0.717, 1.165) is 11.3 Å². The summed E-state index contributed by atoms with van der Waals surface area (Å²) in [6, 6.07) is 7.57. The summed E-state index contributed by atoms with van der Waals surface area (Å²) in [4.78, 5) is 11.9. The lowest BCUT2D eigenvalue weighted by atomic mass is 10.0. The molecule has 1 rings (SSSR count). The van der Waals surface area contributed by atoms with Crippen LogP contribution in [0.4, 0.5) is 0 Å². The van der Waals surface area contributed by atoms with Crippen molar-refractivity contribution in [2.75, 3.05) is 6.61 Å². The van der Waals surface area contributed by atoms with Crippen LogP contribution in [0.5, 0.6) is 5.75 Å². The molecule has 106 valence electrons. The Kier molecular flexibility index (Phi) is 5.83. The highest BCUT2D eigenvalue weighted by Gasteiger charge is 2.19. The first kappa shape index (κ1) is 15.5. The molecule has 3 N–H and O–H groups in total. The lowest BCUT2D eigenvalue weighted by molar-refractivity contribution is -0.125. The van der Waals surface area contributed by atoms with Crippen molar-refractivity contribution in [2.45, 2.75) is 39.8 Å². The predicted octanol–water partition coefficient (Wildman–Crippen LogP) is 2.25. The Morgan fingerprint density at radius 1 is 1.26 bits per heavy atom. The molecule has 0 bridgehead atoms. The second kappa shape index (κ2) is 7.14. The maximum Gasteiger partial charge on any atom is 0.224 e. The van der Waals surface area contributed by atoms with Gasteiger partial charge in [-0.2, -0.15) is 0 Å². The van der Waals surface area contributed by atoms with Gasteiger partial charge >= 0.3 is 0 Å². The van der Waals surface area contributed by atoms with E-state index in [1.165, 1.54) is 0 Å². The van der Waals surface area contributed by atoms with E-state index < -0.39 is 0 Å². The first-order chi connectivity index (χ1) is 8.95. The molecule has 1 amide bonds. The number of carbonyl (C=O) groups excluding carboxylic acids is 1. The summed E-state index contributed by atoms with van der Waals surface area (Å²) in [5, 5.41) is 2.97. The molecule has 0 aliphatic rings. The summed E-state index contributed by atoms with van der Waals surface area (Å²) >= 11 is 0. The Labute approximate surface area is 115 Å². The van der Waals surface area contributed by atoms with Crippen LogP contribution in [0.2, 0.25) is 0 Å². The molecule has 4 nitrogen and oxygen atoms in total. The molecule has 0 spiro atoms. The zero-order chi connectivity index (χ0) is 14.4. The molecule has 1 aromatic rings. The van der Waals surface area contributed by atoms with E-state index >= 15 is 0 Å². The molecule has 0 aliphatic carbocycles. The SMILES string of the molecule is CCOc1ccc(C(C)NC(=O)C(C)C(C)N)cc1. The topological polar surface area (TPSA) is 64.3 Å². The second-order valence-electron chi connectivity index (χ2n) is 4.88. The predicted molar refractivity (Wildman–Crippen MR) is 77.0 cm³/mol. The summed E-state index contributed by atoms with van der Waals surface area (Å²) in [6.45, 7) is 8.24. The van der Waals surface area contributed by atoms with Crippen molar-refractivity contribution < 1.29 is 9.53 Å². The fourth-order valence-corrected chi connectivity index (χ4v) is 1.69. The Balaban J connectivity index is 2.62. The minimum absolute atomic E-state index is 0.0172. The van der Waals surface area contributed by atoms with E-state index in [1.54, 1.807) is 0 Å². The maximum atomic E-state index is 11.9. The number of rotatable bonds is 6. The van der Waals surface area contributed by atoms with Crippen molar-refractivity contribution in [3.8, 4) is 5.75 Å². The third-order valence-electron chi connectivity index (χ3n) is 3.25. The van der Waals surface area contributed by atoms with Crippen LogP contribution in [0, 0.1) is 5.92 Å². The minimum atomic E-state index is -0.190. The van der Waals surface area contributed by atoms with Crippen molar-refractivity contribution in [2.24, 2.45) is 11.7 Å². The van der Waals surface area contributed by atoms with Gasteiger partial charge in [-0.3, -0.25) is 4.79 Å². The van der Waals surface area contributed by atoms with Crippen molar-refractivity contribution in [1.82, 2.24) is 5.32 Å². The highest BCUT2D eigenvalue weighted by atomic mass is 16.5. The van der Waals surface area contributed by atoms with Gasteiger partial charge in [0.25, 0.3) is 0 Å². The number of hydrogen-bond acceptors (Lipinski definition) is 3. The van der Waals surface area contributed by atoms with Gasteiger partial charge < -0.3 is 15.8 Å². The molecule has 4 heteroatoms. The molecular formula is C15H24N2O2. The Morgan fingerprint density at radius 2 is 1.84 bits per heavy atom. The molecule has 0 radical (unpaired) electrons. The second-order valence-corrected chi connectivity index (χ2v) is 4.88. The number of hydrogen-bond donors (Lipinski definition) is 2. The van der Waals surface area contributed by atoms with Crippen LogP contribution >= 0.6 is 0 Å². The van der Waals surface area contributed by atoms with Crippen LogP contribution in [0.25, 0.3) is 0 Å². The normalized spacial score (nSPS) is 15.4. The number of nitrogens with two attached hydrogens (primary N) is 1. The summed E-state index contributed by atoms with van der Waals surface area (Å²) in [5.41, 5.74) is 6.78. The van der Waals surface area contributed by atoms with Gasteiger partial charge in [0.15, 0.2) is 0 Å². The van der Waals surface area contributed by atoms with E-state index in [1.807, 2.05) is 52.0 Å². The summed E-state index contributed by atoms with van der Waals surface area (Å²) in [6.07, 6.45) is 0. The number of nitrogens with one attached hydrogen (secondary N) is 1. The van der Waals surface area contributed by atoms with Crippen LogP contribution < -0.4 is 15.8 Å². The molecule has 0 aromatic heterocycles. The molecule has 3 unspecified atom stereocenters. The van der Waals surface area contributed by atoms with Crippen LogP contribution in [0.15, 0.2) is 24.3 Å². The molecule has 3 atom stereocenters. The summed E-state index contributed by atoms with van der Waals surface area (Å²) < 4.78 is 5.39. The Morgan fingerprint density at radius 3 is 2.32 bits per heavy atom. The van der Waals surface area contributed by atoms with Gasteiger partial charge in [-0.1, -0.05) is 19.1 Å². The van der Waals surface area contributed by atoms with Crippen LogP contribution in [0.1, 0.15) is 39.3 Å². The monoisotopic (exact) mass is 264 g/mol. The smallest absolute Gasteiger partial charge is 0.224 e. The van der Waals surface area contributed by atoms with Gasteiger partial charge in [0.05, 0.1) is 12.6 Å². The van der Waals surface area contributed by atoms with Gasteiger partial charge in [-0.15, -0.1) is 0 Å². The third kappa shape index (κ3) is 4.56. The number of benzene rings is 1. The van der Waals surface area contributed by atoms with Crippen LogP contribution in [0.3, 0.4) is 0 Å². The minimum Gasteiger partial charge on any atom is -0.494 e. The van der Waals surface area contributed by atoms with Gasteiger partial charge in [0.2, 0.25) is 5.91 Å². The van der Waals surface area contributed by atoms with Crippen LogP contribution in [-0.4, -0.2) is 18.6 Å². The highest BCUT2D eigenvalue weighted by Crippen LogP contribution is 2.18. The number of carbonyl (C=O) groups is 1. The van der Waals surface area contributed by atoms with Crippen molar-refractivity contribution in [3.05, 3.63) is 29.8 Å². The third-order valence-corrected chi connectivity index (χ3v) is 3.25. The largest absolute Gasteiger partial charge is 0.494 e. The highest BCUT2D eigenvalue weighted by molar-refractivity contribution is 5.79. The standard InChI is InChI=1S/C15H24N2O2/c1-5-19-14-8-6-13(7-9-14)12(4)17-15(18)10(2)11(3)16/h6-12H,5,16H2,1-4H3,(H,17,18). The zero-order valence-corrected chi connectivity index (χ0v) is 12.1. The average molecular weight is 264 g/mol.